The monoisotopic (exact) mass is 252 g/mol. The van der Waals surface area contributed by atoms with Gasteiger partial charge in [0.05, 0.1) is 0 Å². The second-order valence-corrected chi connectivity index (χ2v) is 3.98. The molecule has 11 heavy (non-hydrogen) atoms. The maximum atomic E-state index is 10.1. The van der Waals surface area contributed by atoms with Crippen LogP contribution >= 0.6 is 0 Å². The van der Waals surface area contributed by atoms with Crippen molar-refractivity contribution in [3.8, 4) is 0 Å². The van der Waals surface area contributed by atoms with Crippen molar-refractivity contribution < 1.29 is 41.5 Å². The van der Waals surface area contributed by atoms with E-state index in [1.807, 2.05) is 20.8 Å². The van der Waals surface area contributed by atoms with Crippen LogP contribution in [0, 0.1) is 12.3 Å². The van der Waals surface area contributed by atoms with Crippen LogP contribution in [0.5, 0.6) is 0 Å². The van der Waals surface area contributed by atoms with E-state index in [1.165, 1.54) is 0 Å². The Balaban J connectivity index is 0. The summed E-state index contributed by atoms with van der Waals surface area (Å²) >= 11 is -2.20. The third-order valence-corrected chi connectivity index (χ3v) is 1.76. The van der Waals surface area contributed by atoms with Crippen LogP contribution in [0.3, 0.4) is 0 Å². The Morgan fingerprint density at radius 2 is 1.91 bits per heavy atom. The van der Waals surface area contributed by atoms with Crippen molar-refractivity contribution in [2.45, 2.75) is 26.8 Å². The van der Waals surface area contributed by atoms with Crippen LogP contribution < -0.4 is 4.72 Å². The van der Waals surface area contributed by atoms with Crippen LogP contribution in [-0.2, 0) is 44.0 Å². The molecule has 0 aromatic carbocycles. The van der Waals surface area contributed by atoms with Crippen molar-refractivity contribution in [1.82, 2.24) is 4.72 Å². The molecular formula is C6H13NO2SY-2. The minimum absolute atomic E-state index is 0. The minimum atomic E-state index is -2.20. The molecule has 1 radical (unpaired) electrons. The second-order valence-electron chi connectivity index (χ2n) is 3.27. The standard InChI is InChI=1S/C6H14NO2S.Y/c1-5(6(2,3)4)7-10(8)9;/h5,7H,1H2,2-4H3,(H,8,9);/q-1;/p-1. The van der Waals surface area contributed by atoms with E-state index >= 15 is 0 Å². The molecule has 0 saturated carbocycles. The smallest absolute Gasteiger partial charge is 0.0158 e. The van der Waals surface area contributed by atoms with Gasteiger partial charge in [-0.1, -0.05) is 20.8 Å². The Bertz CT molecular complexity index is 135. The van der Waals surface area contributed by atoms with Gasteiger partial charge in [0.1, 0.15) is 0 Å². The third-order valence-electron chi connectivity index (χ3n) is 1.28. The van der Waals surface area contributed by atoms with Crippen molar-refractivity contribution in [1.29, 1.82) is 0 Å². The Hall–Kier alpha value is 1.17. The Kier molecular flexibility index (Phi) is 7.69. The van der Waals surface area contributed by atoms with Gasteiger partial charge in [0.15, 0.2) is 0 Å². The number of hydrogen-bond acceptors (Lipinski definition) is 2. The Labute approximate surface area is 96.0 Å². The van der Waals surface area contributed by atoms with Gasteiger partial charge in [-0.2, -0.15) is 0 Å². The van der Waals surface area contributed by atoms with Crippen LogP contribution in [0.2, 0.25) is 0 Å². The molecule has 0 spiro atoms. The molecule has 0 fully saturated rings. The molecule has 0 aliphatic rings. The van der Waals surface area contributed by atoms with Gasteiger partial charge in [0.25, 0.3) is 0 Å². The molecule has 3 nitrogen and oxygen atoms in total. The molecule has 2 atom stereocenters. The van der Waals surface area contributed by atoms with E-state index in [0.717, 1.165) is 0 Å². The molecule has 0 heterocycles. The van der Waals surface area contributed by atoms with Crippen LogP contribution in [0.25, 0.3) is 0 Å². The van der Waals surface area contributed by atoms with Crippen molar-refractivity contribution in [3.05, 3.63) is 6.92 Å². The van der Waals surface area contributed by atoms with Crippen molar-refractivity contribution in [2.75, 3.05) is 0 Å². The first-order valence-corrected chi connectivity index (χ1v) is 4.10. The van der Waals surface area contributed by atoms with Crippen molar-refractivity contribution in [2.24, 2.45) is 5.41 Å². The van der Waals surface area contributed by atoms with Gasteiger partial charge in [-0.3, -0.25) is 8.93 Å². The molecule has 0 aromatic rings. The largest absolute Gasteiger partial charge is 0.760 e. The molecule has 0 aromatic heterocycles. The van der Waals surface area contributed by atoms with Gasteiger partial charge in [-0.05, 0) is 5.41 Å². The molecular weight excluding hydrogens is 239 g/mol. The van der Waals surface area contributed by atoms with E-state index in [4.69, 9.17) is 0 Å². The maximum Gasteiger partial charge on any atom is 0.0158 e. The van der Waals surface area contributed by atoms with E-state index in [9.17, 15) is 8.76 Å². The number of nitrogens with one attached hydrogen (secondary N) is 1. The first kappa shape index (κ1) is 14.7. The second kappa shape index (κ2) is 5.76. The third kappa shape index (κ3) is 7.53. The summed E-state index contributed by atoms with van der Waals surface area (Å²) < 4.78 is 22.5. The van der Waals surface area contributed by atoms with Gasteiger partial charge in [0, 0.05) is 44.0 Å². The molecule has 0 amide bonds. The van der Waals surface area contributed by atoms with E-state index < -0.39 is 11.3 Å². The summed E-state index contributed by atoms with van der Waals surface area (Å²) in [5.74, 6) is 0. The van der Waals surface area contributed by atoms with Crippen LogP contribution in [0.4, 0.5) is 0 Å². The first-order valence-electron chi connectivity index (χ1n) is 3.02. The van der Waals surface area contributed by atoms with Crippen LogP contribution in [-0.4, -0.2) is 14.8 Å². The van der Waals surface area contributed by atoms with E-state index in [0.29, 0.717) is 0 Å². The topological polar surface area (TPSA) is 52.2 Å². The normalized spacial score (nSPS) is 16.8. The number of hydrogen-bond donors (Lipinski definition) is 1. The van der Waals surface area contributed by atoms with E-state index in [-0.39, 0.29) is 44.2 Å². The van der Waals surface area contributed by atoms with Gasteiger partial charge in [0.2, 0.25) is 0 Å². The SMILES string of the molecule is [CH2-]C(NS(=O)[O-])C(C)(C)C.[Y]. The Morgan fingerprint density at radius 3 is 2.00 bits per heavy atom. The van der Waals surface area contributed by atoms with E-state index in [1.54, 1.807) is 0 Å². The molecule has 0 bridgehead atoms. The minimum Gasteiger partial charge on any atom is -0.760 e. The zero-order valence-electron chi connectivity index (χ0n) is 7.09. The summed E-state index contributed by atoms with van der Waals surface area (Å²) in [6, 6.07) is -0.272. The fourth-order valence-electron chi connectivity index (χ4n) is 0.293. The quantitative estimate of drug-likeness (QED) is 0.578. The maximum absolute atomic E-state index is 10.1. The van der Waals surface area contributed by atoms with Gasteiger partial charge < -0.3 is 11.5 Å². The van der Waals surface area contributed by atoms with Gasteiger partial charge >= 0.3 is 0 Å². The van der Waals surface area contributed by atoms with Gasteiger partial charge in [-0.25, -0.2) is 0 Å². The van der Waals surface area contributed by atoms with E-state index in [2.05, 4.69) is 11.6 Å². The predicted octanol–water partition coefficient (Wildman–Crippen LogP) is 0.616. The summed E-state index contributed by atoms with van der Waals surface area (Å²) in [4.78, 5) is 0. The van der Waals surface area contributed by atoms with Crippen molar-refractivity contribution in [3.63, 3.8) is 0 Å². The molecule has 65 valence electrons. The summed E-state index contributed by atoms with van der Waals surface area (Å²) in [6.45, 7) is 9.41. The van der Waals surface area contributed by atoms with Crippen LogP contribution in [0.1, 0.15) is 20.8 Å². The summed E-state index contributed by atoms with van der Waals surface area (Å²) in [6.07, 6.45) is 0. The average Bonchev–Trinajstić information content (AvgIpc) is 1.60. The van der Waals surface area contributed by atoms with Gasteiger partial charge in [-0.15, -0.1) is 6.04 Å². The fourth-order valence-corrected chi connectivity index (χ4v) is 0.879. The molecule has 0 saturated heterocycles. The molecule has 0 aliphatic heterocycles. The molecule has 2 unspecified atom stereocenters. The number of rotatable bonds is 2. The van der Waals surface area contributed by atoms with Crippen molar-refractivity contribution >= 4 is 11.3 Å². The summed E-state index contributed by atoms with van der Waals surface area (Å²) in [5.41, 5.74) is -0.125. The predicted molar refractivity (Wildman–Crippen MR) is 40.7 cm³/mol. The zero-order valence-corrected chi connectivity index (χ0v) is 10.7. The average molecular weight is 252 g/mol. The molecule has 5 heteroatoms. The molecule has 1 N–H and O–H groups in total. The zero-order chi connectivity index (χ0) is 8.36. The Morgan fingerprint density at radius 1 is 1.55 bits per heavy atom. The molecule has 0 aliphatic carbocycles. The first-order chi connectivity index (χ1) is 4.34. The van der Waals surface area contributed by atoms with Crippen LogP contribution in [0.15, 0.2) is 0 Å². The summed E-state index contributed by atoms with van der Waals surface area (Å²) in [5, 5.41) is 0. The molecule has 0 rings (SSSR count). The fraction of sp³-hybridized carbons (Fsp3) is 0.833. The summed E-state index contributed by atoms with van der Waals surface area (Å²) in [7, 11) is 0.